The summed E-state index contributed by atoms with van der Waals surface area (Å²) in [5.74, 6) is 0.422. The lowest BCUT2D eigenvalue weighted by molar-refractivity contribution is 0.251. The van der Waals surface area contributed by atoms with Crippen LogP contribution in [0.15, 0.2) is 35.0 Å². The zero-order valence-electron chi connectivity index (χ0n) is 15.7. The normalized spacial score (nSPS) is 11.1. The zero-order chi connectivity index (χ0) is 20.7. The van der Waals surface area contributed by atoms with Crippen LogP contribution in [0.5, 0.6) is 0 Å². The molecule has 0 saturated heterocycles. The molecule has 4 rings (SSSR count). The van der Waals surface area contributed by atoms with E-state index in [-0.39, 0.29) is 0 Å². The summed E-state index contributed by atoms with van der Waals surface area (Å²) >= 11 is 14.1. The highest BCUT2D eigenvalue weighted by Crippen LogP contribution is 2.39. The van der Waals surface area contributed by atoms with Gasteiger partial charge in [-0.15, -0.1) is 11.3 Å². The second-order valence-electron chi connectivity index (χ2n) is 6.28. The first-order chi connectivity index (χ1) is 13.8. The minimum atomic E-state index is -0.467. The third kappa shape index (κ3) is 3.66. The summed E-state index contributed by atoms with van der Waals surface area (Å²) in [5, 5.41) is 12.9. The van der Waals surface area contributed by atoms with Crippen molar-refractivity contribution in [2.24, 2.45) is 0 Å². The van der Waals surface area contributed by atoms with Crippen molar-refractivity contribution in [2.45, 2.75) is 20.8 Å². The van der Waals surface area contributed by atoms with Crippen LogP contribution in [0.1, 0.15) is 16.5 Å². The van der Waals surface area contributed by atoms with Crippen molar-refractivity contribution in [2.75, 3.05) is 5.32 Å². The average Bonchev–Trinajstić information content (AvgIpc) is 3.36. The molecular formula is C19H15Cl2N5O2S. The summed E-state index contributed by atoms with van der Waals surface area (Å²) in [4.78, 5) is 18.1. The van der Waals surface area contributed by atoms with Crippen molar-refractivity contribution in [3.8, 4) is 21.8 Å². The fourth-order valence-corrected chi connectivity index (χ4v) is 4.37. The number of hydrogen-bond acceptors (Lipinski definition) is 6. The molecule has 29 heavy (non-hydrogen) atoms. The van der Waals surface area contributed by atoms with Crippen molar-refractivity contribution >= 4 is 46.3 Å². The molecule has 10 heteroatoms. The van der Waals surface area contributed by atoms with Gasteiger partial charge in [0.2, 0.25) is 0 Å². The lowest BCUT2D eigenvalue weighted by Gasteiger charge is -2.08. The van der Waals surface area contributed by atoms with Gasteiger partial charge >= 0.3 is 6.03 Å². The molecule has 148 valence electrons. The number of amides is 1. The number of nitrogens with zero attached hydrogens (tertiary/aromatic N) is 4. The zero-order valence-corrected chi connectivity index (χ0v) is 18.0. The van der Waals surface area contributed by atoms with Gasteiger partial charge in [-0.05, 0) is 39.0 Å². The number of hydrogen-bond donors (Lipinski definition) is 1. The predicted molar refractivity (Wildman–Crippen MR) is 114 cm³/mol. The molecule has 0 spiro atoms. The molecule has 0 aliphatic heterocycles. The number of anilines is 1. The van der Waals surface area contributed by atoms with Crippen LogP contribution in [-0.2, 0) is 0 Å². The Hall–Kier alpha value is -2.68. The molecule has 0 bridgehead atoms. The highest BCUT2D eigenvalue weighted by Gasteiger charge is 2.22. The third-order valence-electron chi connectivity index (χ3n) is 4.23. The first kappa shape index (κ1) is 19.6. The number of thiazole rings is 1. The SMILES string of the molecule is Cc1nc(C)c(-c2ccn(C(=O)Nc3c(-c4c(Cl)cccc4Cl)noc3C)n2)s1. The first-order valence-electron chi connectivity index (χ1n) is 8.57. The Bertz CT molecular complexity index is 1210. The average molecular weight is 448 g/mol. The summed E-state index contributed by atoms with van der Waals surface area (Å²) in [7, 11) is 0. The van der Waals surface area contributed by atoms with E-state index in [1.54, 1.807) is 37.4 Å². The van der Waals surface area contributed by atoms with E-state index in [4.69, 9.17) is 27.7 Å². The molecule has 0 aliphatic carbocycles. The molecule has 4 aromatic rings. The van der Waals surface area contributed by atoms with Gasteiger partial charge < -0.3 is 9.84 Å². The molecule has 0 aliphatic rings. The highest BCUT2D eigenvalue weighted by molar-refractivity contribution is 7.15. The van der Waals surface area contributed by atoms with E-state index in [2.05, 4.69) is 20.6 Å². The van der Waals surface area contributed by atoms with Crippen LogP contribution >= 0.6 is 34.5 Å². The predicted octanol–water partition coefficient (Wildman–Crippen LogP) is 5.97. The maximum Gasteiger partial charge on any atom is 0.346 e. The van der Waals surface area contributed by atoms with Gasteiger partial charge in [-0.25, -0.2) is 9.78 Å². The Balaban J connectivity index is 1.65. The molecule has 0 atom stereocenters. The molecule has 0 radical (unpaired) electrons. The molecule has 1 aromatic carbocycles. The van der Waals surface area contributed by atoms with E-state index in [1.807, 2.05) is 13.8 Å². The van der Waals surface area contributed by atoms with E-state index in [0.717, 1.165) is 15.6 Å². The quantitative estimate of drug-likeness (QED) is 0.417. The second kappa shape index (κ2) is 7.62. The van der Waals surface area contributed by atoms with Crippen LogP contribution in [0.2, 0.25) is 10.0 Å². The number of rotatable bonds is 3. The number of carbonyl (C=O) groups is 1. The molecule has 3 aromatic heterocycles. The van der Waals surface area contributed by atoms with Crippen LogP contribution in [0.4, 0.5) is 10.5 Å². The first-order valence-corrected chi connectivity index (χ1v) is 10.1. The summed E-state index contributed by atoms with van der Waals surface area (Å²) in [6.07, 6.45) is 1.59. The van der Waals surface area contributed by atoms with Gasteiger partial charge in [0.05, 0.1) is 25.6 Å². The third-order valence-corrected chi connectivity index (χ3v) is 5.95. The van der Waals surface area contributed by atoms with Crippen LogP contribution < -0.4 is 5.32 Å². The molecular weight excluding hydrogens is 433 g/mol. The Kier molecular flexibility index (Phi) is 5.16. The molecule has 7 nitrogen and oxygen atoms in total. The fraction of sp³-hybridized carbons (Fsp3) is 0.158. The van der Waals surface area contributed by atoms with E-state index in [0.29, 0.717) is 38.4 Å². The maximum atomic E-state index is 12.8. The number of aromatic nitrogens is 4. The van der Waals surface area contributed by atoms with E-state index < -0.39 is 6.03 Å². The van der Waals surface area contributed by atoms with Gasteiger partial charge in [0.15, 0.2) is 5.76 Å². The Morgan fingerprint density at radius 1 is 1.17 bits per heavy atom. The van der Waals surface area contributed by atoms with Gasteiger partial charge in [-0.1, -0.05) is 34.4 Å². The van der Waals surface area contributed by atoms with Gasteiger partial charge in [0.1, 0.15) is 17.1 Å². The monoisotopic (exact) mass is 447 g/mol. The molecule has 0 unspecified atom stereocenters. The van der Waals surface area contributed by atoms with E-state index in [9.17, 15) is 4.79 Å². The van der Waals surface area contributed by atoms with E-state index in [1.165, 1.54) is 16.0 Å². The lowest BCUT2D eigenvalue weighted by atomic mass is 10.1. The number of nitrogens with one attached hydrogen (secondary N) is 1. The van der Waals surface area contributed by atoms with Crippen molar-refractivity contribution in [3.05, 3.63) is 57.0 Å². The summed E-state index contributed by atoms with van der Waals surface area (Å²) in [6.45, 7) is 5.54. The van der Waals surface area contributed by atoms with Crippen LogP contribution in [0.25, 0.3) is 21.8 Å². The van der Waals surface area contributed by atoms with E-state index >= 15 is 0 Å². The van der Waals surface area contributed by atoms with Gasteiger partial charge in [-0.3, -0.25) is 0 Å². The number of halogens is 2. The standard InChI is InChI=1S/C19H15Cl2N5O2S/c1-9-18(29-11(3)22-9)14-7-8-26(24-14)19(27)23-16-10(2)28-25-17(16)15-12(20)5-4-6-13(15)21/h4-8H,1-3H3,(H,23,27). The summed E-state index contributed by atoms with van der Waals surface area (Å²) in [5.41, 5.74) is 2.78. The van der Waals surface area contributed by atoms with Crippen molar-refractivity contribution < 1.29 is 9.32 Å². The lowest BCUT2D eigenvalue weighted by Crippen LogP contribution is -2.20. The van der Waals surface area contributed by atoms with Gasteiger partial charge in [-0.2, -0.15) is 9.78 Å². The van der Waals surface area contributed by atoms with Gasteiger partial charge in [0.25, 0.3) is 0 Å². The van der Waals surface area contributed by atoms with Gasteiger partial charge in [0, 0.05) is 11.8 Å². The Morgan fingerprint density at radius 3 is 2.55 bits per heavy atom. The Morgan fingerprint density at radius 2 is 1.90 bits per heavy atom. The minimum Gasteiger partial charge on any atom is -0.359 e. The highest BCUT2D eigenvalue weighted by atomic mass is 35.5. The van der Waals surface area contributed by atoms with Crippen LogP contribution in [0, 0.1) is 20.8 Å². The Labute approximate surface area is 180 Å². The molecule has 0 saturated carbocycles. The van der Waals surface area contributed by atoms with Crippen molar-refractivity contribution in [1.82, 2.24) is 19.9 Å². The fourth-order valence-electron chi connectivity index (χ4n) is 2.91. The van der Waals surface area contributed by atoms with Crippen LogP contribution in [-0.4, -0.2) is 26.0 Å². The van der Waals surface area contributed by atoms with Crippen molar-refractivity contribution in [3.63, 3.8) is 0 Å². The van der Waals surface area contributed by atoms with Crippen molar-refractivity contribution in [1.29, 1.82) is 0 Å². The molecule has 0 fully saturated rings. The summed E-state index contributed by atoms with van der Waals surface area (Å²) in [6, 6.07) is 6.42. The minimum absolute atomic E-state index is 0.354. The maximum absolute atomic E-state index is 12.8. The second-order valence-corrected chi connectivity index (χ2v) is 8.30. The number of benzene rings is 1. The summed E-state index contributed by atoms with van der Waals surface area (Å²) < 4.78 is 6.49. The number of aryl methyl sites for hydroxylation is 3. The van der Waals surface area contributed by atoms with Crippen LogP contribution in [0.3, 0.4) is 0 Å². The largest absolute Gasteiger partial charge is 0.359 e. The number of carbonyl (C=O) groups excluding carboxylic acids is 1. The molecule has 3 heterocycles. The smallest absolute Gasteiger partial charge is 0.346 e. The molecule has 1 N–H and O–H groups in total. The topological polar surface area (TPSA) is 85.8 Å². The molecule has 1 amide bonds.